The topological polar surface area (TPSA) is 98.8 Å². The van der Waals surface area contributed by atoms with Gasteiger partial charge in [0.15, 0.2) is 23.0 Å². The van der Waals surface area contributed by atoms with Crippen LogP contribution in [-0.2, 0) is 9.53 Å². The standard InChI is InChI=1S/C28H37N3O7/c1-30-26(18-7-8-21(34-2)22(15-18)35-3)25(27(32)29-9-6-10-31-11-13-38-14-12-31)19-16-23(36-4)24(37-5)17-20(19)28(30)33/h7-8,15-17,25-26H,6,9-14H2,1-5H3,(H,29,32)/t25-,26+/m1/s1. The van der Waals surface area contributed by atoms with Gasteiger partial charge in [-0.15, -0.1) is 0 Å². The number of rotatable bonds is 10. The van der Waals surface area contributed by atoms with Gasteiger partial charge in [0, 0.05) is 32.2 Å². The third kappa shape index (κ3) is 5.51. The van der Waals surface area contributed by atoms with Crippen LogP contribution in [0.3, 0.4) is 0 Å². The van der Waals surface area contributed by atoms with Crippen molar-refractivity contribution in [3.05, 3.63) is 47.0 Å². The highest BCUT2D eigenvalue weighted by Gasteiger charge is 2.43. The third-order valence-electron chi connectivity index (χ3n) is 7.26. The molecule has 0 spiro atoms. The van der Waals surface area contributed by atoms with Crippen molar-refractivity contribution in [3.63, 3.8) is 0 Å². The van der Waals surface area contributed by atoms with E-state index in [0.29, 0.717) is 40.7 Å². The van der Waals surface area contributed by atoms with Crippen molar-refractivity contribution in [1.29, 1.82) is 0 Å². The number of benzene rings is 2. The molecule has 4 rings (SSSR count). The molecular formula is C28H37N3O7. The number of hydrogen-bond acceptors (Lipinski definition) is 8. The number of likely N-dealkylation sites (N-methyl/N-ethyl adjacent to an activating group) is 1. The molecule has 2 aliphatic rings. The lowest BCUT2D eigenvalue weighted by Gasteiger charge is -2.40. The van der Waals surface area contributed by atoms with Crippen LogP contribution in [0.2, 0.25) is 0 Å². The van der Waals surface area contributed by atoms with Gasteiger partial charge in [0.05, 0.1) is 53.6 Å². The zero-order valence-corrected chi connectivity index (χ0v) is 22.7. The first-order valence-electron chi connectivity index (χ1n) is 12.8. The van der Waals surface area contributed by atoms with Crippen LogP contribution < -0.4 is 24.3 Å². The summed E-state index contributed by atoms with van der Waals surface area (Å²) in [6, 6.07) is 8.28. The summed E-state index contributed by atoms with van der Waals surface area (Å²) in [5, 5.41) is 3.12. The Balaban J connectivity index is 1.69. The van der Waals surface area contributed by atoms with Gasteiger partial charge >= 0.3 is 0 Å². The highest BCUT2D eigenvalue weighted by Crippen LogP contribution is 2.46. The molecule has 0 aromatic heterocycles. The maximum absolute atomic E-state index is 13.9. The molecule has 0 bridgehead atoms. The van der Waals surface area contributed by atoms with Gasteiger partial charge in [0.1, 0.15) is 0 Å². The molecule has 2 atom stereocenters. The highest BCUT2D eigenvalue weighted by atomic mass is 16.5. The van der Waals surface area contributed by atoms with Crippen LogP contribution in [0.5, 0.6) is 23.0 Å². The summed E-state index contributed by atoms with van der Waals surface area (Å²) in [5.41, 5.74) is 1.76. The number of ether oxygens (including phenoxy) is 5. The Morgan fingerprint density at radius 1 is 0.947 bits per heavy atom. The van der Waals surface area contributed by atoms with Crippen molar-refractivity contribution in [1.82, 2.24) is 15.1 Å². The SMILES string of the molecule is COc1ccc([C@H]2[C@H](C(=O)NCCCN3CCOCC3)c3cc(OC)c(OC)cc3C(=O)N2C)cc1OC. The number of hydrogen-bond donors (Lipinski definition) is 1. The van der Waals surface area contributed by atoms with Crippen LogP contribution in [0.4, 0.5) is 0 Å². The Labute approximate surface area is 223 Å². The van der Waals surface area contributed by atoms with E-state index in [0.717, 1.165) is 44.8 Å². The number of nitrogens with one attached hydrogen (secondary N) is 1. The molecule has 2 amide bonds. The molecule has 10 heteroatoms. The average molecular weight is 528 g/mol. The summed E-state index contributed by atoms with van der Waals surface area (Å²) in [4.78, 5) is 31.4. The molecule has 206 valence electrons. The zero-order valence-electron chi connectivity index (χ0n) is 22.7. The minimum Gasteiger partial charge on any atom is -0.493 e. The van der Waals surface area contributed by atoms with E-state index in [1.54, 1.807) is 44.4 Å². The van der Waals surface area contributed by atoms with Crippen LogP contribution in [0.1, 0.15) is 39.9 Å². The number of fused-ring (bicyclic) bond motifs is 1. The molecule has 38 heavy (non-hydrogen) atoms. The van der Waals surface area contributed by atoms with E-state index in [-0.39, 0.29) is 11.8 Å². The Hall–Kier alpha value is -3.50. The van der Waals surface area contributed by atoms with Gasteiger partial charge in [-0.3, -0.25) is 14.5 Å². The van der Waals surface area contributed by atoms with Crippen LogP contribution >= 0.6 is 0 Å². The fraction of sp³-hybridized carbons (Fsp3) is 0.500. The number of carbonyl (C=O) groups is 2. The summed E-state index contributed by atoms with van der Waals surface area (Å²) in [5.74, 6) is 0.915. The first-order valence-corrected chi connectivity index (χ1v) is 12.8. The third-order valence-corrected chi connectivity index (χ3v) is 7.26. The van der Waals surface area contributed by atoms with Crippen LogP contribution in [0.25, 0.3) is 0 Å². The van der Waals surface area contributed by atoms with E-state index in [1.807, 2.05) is 12.1 Å². The van der Waals surface area contributed by atoms with Crippen LogP contribution in [0.15, 0.2) is 30.3 Å². The summed E-state index contributed by atoms with van der Waals surface area (Å²) in [7, 11) is 7.89. The lowest BCUT2D eigenvalue weighted by Crippen LogP contribution is -2.46. The minimum absolute atomic E-state index is 0.167. The maximum atomic E-state index is 13.9. The van der Waals surface area contributed by atoms with Gasteiger partial charge in [0.2, 0.25) is 5.91 Å². The fourth-order valence-electron chi connectivity index (χ4n) is 5.23. The van der Waals surface area contributed by atoms with Gasteiger partial charge in [-0.1, -0.05) is 6.07 Å². The van der Waals surface area contributed by atoms with Crippen LogP contribution in [0, 0.1) is 0 Å². The highest BCUT2D eigenvalue weighted by molar-refractivity contribution is 6.02. The number of amides is 2. The van der Waals surface area contributed by atoms with E-state index in [1.165, 1.54) is 14.2 Å². The summed E-state index contributed by atoms with van der Waals surface area (Å²) >= 11 is 0. The van der Waals surface area contributed by atoms with E-state index in [9.17, 15) is 9.59 Å². The molecule has 1 N–H and O–H groups in total. The largest absolute Gasteiger partial charge is 0.493 e. The lowest BCUT2D eigenvalue weighted by molar-refractivity contribution is -0.124. The van der Waals surface area contributed by atoms with Crippen molar-refractivity contribution in [3.8, 4) is 23.0 Å². The molecule has 0 radical (unpaired) electrons. The molecule has 0 unspecified atom stereocenters. The molecule has 2 aromatic rings. The van der Waals surface area contributed by atoms with Gasteiger partial charge in [-0.05, 0) is 48.4 Å². The van der Waals surface area contributed by atoms with E-state index >= 15 is 0 Å². The summed E-state index contributed by atoms with van der Waals surface area (Å²) < 4.78 is 27.3. The molecule has 0 aliphatic carbocycles. The first-order chi connectivity index (χ1) is 18.4. The molecular weight excluding hydrogens is 490 g/mol. The number of methoxy groups -OCH3 is 4. The Kier molecular flexibility index (Phi) is 8.96. The first kappa shape index (κ1) is 27.5. The monoisotopic (exact) mass is 527 g/mol. The fourth-order valence-corrected chi connectivity index (χ4v) is 5.23. The summed E-state index contributed by atoms with van der Waals surface area (Å²) in [6.45, 7) is 4.69. The van der Waals surface area contributed by atoms with Crippen molar-refractivity contribution < 1.29 is 33.3 Å². The normalized spacial score (nSPS) is 19.5. The van der Waals surface area contributed by atoms with Crippen molar-refractivity contribution in [2.24, 2.45) is 0 Å². The molecule has 10 nitrogen and oxygen atoms in total. The maximum Gasteiger partial charge on any atom is 0.254 e. The van der Waals surface area contributed by atoms with Gasteiger partial charge in [0.25, 0.3) is 5.91 Å². The molecule has 1 fully saturated rings. The summed E-state index contributed by atoms with van der Waals surface area (Å²) in [6.07, 6.45) is 0.813. The minimum atomic E-state index is -0.686. The number of nitrogens with zero attached hydrogens (tertiary/aromatic N) is 2. The van der Waals surface area contributed by atoms with Crippen LogP contribution in [-0.4, -0.2) is 96.5 Å². The Morgan fingerprint density at radius 2 is 1.58 bits per heavy atom. The molecule has 2 heterocycles. The smallest absolute Gasteiger partial charge is 0.254 e. The average Bonchev–Trinajstić information content (AvgIpc) is 2.96. The number of carbonyl (C=O) groups excluding carboxylic acids is 2. The molecule has 1 saturated heterocycles. The molecule has 2 aromatic carbocycles. The molecule has 2 aliphatic heterocycles. The second-order valence-electron chi connectivity index (χ2n) is 9.35. The van der Waals surface area contributed by atoms with Crippen molar-refractivity contribution in [2.75, 3.05) is 74.9 Å². The van der Waals surface area contributed by atoms with Crippen molar-refractivity contribution in [2.45, 2.75) is 18.4 Å². The number of morpholine rings is 1. The lowest BCUT2D eigenvalue weighted by atomic mass is 9.79. The Bertz CT molecular complexity index is 1150. The second kappa shape index (κ2) is 12.4. The van der Waals surface area contributed by atoms with E-state index < -0.39 is 12.0 Å². The zero-order chi connectivity index (χ0) is 27.2. The Morgan fingerprint density at radius 3 is 2.24 bits per heavy atom. The second-order valence-corrected chi connectivity index (χ2v) is 9.35. The van der Waals surface area contributed by atoms with Crippen molar-refractivity contribution >= 4 is 11.8 Å². The van der Waals surface area contributed by atoms with E-state index in [4.69, 9.17) is 23.7 Å². The quantitative estimate of drug-likeness (QED) is 0.471. The predicted octanol–water partition coefficient (Wildman–Crippen LogP) is 2.47. The van der Waals surface area contributed by atoms with Gasteiger partial charge in [-0.2, -0.15) is 0 Å². The van der Waals surface area contributed by atoms with Gasteiger partial charge in [-0.25, -0.2) is 0 Å². The molecule has 0 saturated carbocycles. The predicted molar refractivity (Wildman–Crippen MR) is 142 cm³/mol. The van der Waals surface area contributed by atoms with E-state index in [2.05, 4.69) is 10.2 Å². The van der Waals surface area contributed by atoms with Gasteiger partial charge < -0.3 is 33.9 Å².